The molecule has 0 unspecified atom stereocenters. The number of hydrogen-bond acceptors (Lipinski definition) is 3. The largest absolute Gasteiger partial charge is 0.456 e. The third-order valence-electron chi connectivity index (χ3n) is 10.2. The summed E-state index contributed by atoms with van der Waals surface area (Å²) in [5, 5.41) is 9.79. The van der Waals surface area contributed by atoms with Crippen molar-refractivity contribution in [1.29, 1.82) is 0 Å². The molecule has 11 rings (SSSR count). The van der Waals surface area contributed by atoms with Gasteiger partial charge in [-0.05, 0) is 77.5 Å². The molecule has 0 saturated heterocycles. The molecule has 4 heteroatoms. The van der Waals surface area contributed by atoms with Crippen LogP contribution in [0.3, 0.4) is 0 Å². The van der Waals surface area contributed by atoms with Crippen LogP contribution in [0.5, 0.6) is 0 Å². The number of fused-ring (bicyclic) bond motifs is 11. The minimum absolute atomic E-state index is 0.879. The lowest BCUT2D eigenvalue weighted by Crippen LogP contribution is -2.10. The van der Waals surface area contributed by atoms with E-state index in [4.69, 9.17) is 4.42 Å². The van der Waals surface area contributed by atoms with Crippen LogP contribution < -0.4 is 4.90 Å². The Hall–Kier alpha value is -6.36. The van der Waals surface area contributed by atoms with Crippen molar-refractivity contribution in [2.24, 2.45) is 0 Å². The van der Waals surface area contributed by atoms with Crippen LogP contribution in [0.4, 0.5) is 17.1 Å². The van der Waals surface area contributed by atoms with Crippen LogP contribution >= 0.6 is 11.3 Å². The molecule has 0 radical (unpaired) electrons. The number of para-hydroxylation sites is 3. The Bertz CT molecular complexity index is 3110. The fraction of sp³-hybridized carbons (Fsp3) is 0. The summed E-state index contributed by atoms with van der Waals surface area (Å²) in [5.74, 6) is 0. The van der Waals surface area contributed by atoms with Crippen LogP contribution in [0.15, 0.2) is 174 Å². The van der Waals surface area contributed by atoms with Gasteiger partial charge in [-0.3, -0.25) is 0 Å². The van der Waals surface area contributed by atoms with Gasteiger partial charge in [0, 0.05) is 64.8 Å². The first-order valence-corrected chi connectivity index (χ1v) is 17.7. The number of aromatic nitrogens is 1. The van der Waals surface area contributed by atoms with Crippen LogP contribution in [0.25, 0.3) is 80.4 Å². The number of thiophene rings is 1. The van der Waals surface area contributed by atoms with Crippen molar-refractivity contribution in [2.75, 3.05) is 4.90 Å². The van der Waals surface area contributed by atoms with Crippen molar-refractivity contribution in [1.82, 2.24) is 4.57 Å². The van der Waals surface area contributed by atoms with Crippen molar-refractivity contribution in [3.8, 4) is 5.69 Å². The van der Waals surface area contributed by atoms with Gasteiger partial charge in [0.1, 0.15) is 11.2 Å². The molecular weight excluding hydrogens is 629 g/mol. The first-order chi connectivity index (χ1) is 24.8. The second-order valence-corrected chi connectivity index (χ2v) is 14.0. The quantitative estimate of drug-likeness (QED) is 0.188. The van der Waals surface area contributed by atoms with E-state index in [0.29, 0.717) is 0 Å². The number of nitrogens with zero attached hydrogens (tertiary/aromatic N) is 2. The summed E-state index contributed by atoms with van der Waals surface area (Å²) >= 11 is 1.88. The molecule has 3 aromatic heterocycles. The normalized spacial score (nSPS) is 12.0. The zero-order valence-electron chi connectivity index (χ0n) is 26.9. The van der Waals surface area contributed by atoms with Gasteiger partial charge in [0.15, 0.2) is 0 Å². The average Bonchev–Trinajstić information content (AvgIpc) is 3.85. The van der Waals surface area contributed by atoms with E-state index in [1.807, 2.05) is 23.5 Å². The summed E-state index contributed by atoms with van der Waals surface area (Å²) in [4.78, 5) is 2.42. The number of hydrogen-bond donors (Lipinski definition) is 0. The highest BCUT2D eigenvalue weighted by Gasteiger charge is 2.22. The molecule has 0 aliphatic rings. The van der Waals surface area contributed by atoms with Crippen molar-refractivity contribution >= 4 is 103 Å². The van der Waals surface area contributed by atoms with Crippen LogP contribution in [0, 0.1) is 0 Å². The second-order valence-electron chi connectivity index (χ2n) is 12.9. The topological polar surface area (TPSA) is 21.3 Å². The lowest BCUT2D eigenvalue weighted by molar-refractivity contribution is 0.669. The minimum Gasteiger partial charge on any atom is -0.456 e. The Morgan fingerprint density at radius 2 is 1.16 bits per heavy atom. The Balaban J connectivity index is 1.22. The lowest BCUT2D eigenvalue weighted by atomic mass is 10.0. The first-order valence-electron chi connectivity index (χ1n) is 16.9. The predicted octanol–water partition coefficient (Wildman–Crippen LogP) is 13.7. The summed E-state index contributed by atoms with van der Waals surface area (Å²) in [6.45, 7) is 0. The molecule has 50 heavy (non-hydrogen) atoms. The summed E-state index contributed by atoms with van der Waals surface area (Å²) in [5.41, 5.74) is 8.60. The van der Waals surface area contributed by atoms with Crippen LogP contribution in [0.1, 0.15) is 0 Å². The van der Waals surface area contributed by atoms with E-state index in [1.54, 1.807) is 0 Å². The Kier molecular flexibility index (Phi) is 5.83. The van der Waals surface area contributed by atoms with Gasteiger partial charge in [0.25, 0.3) is 0 Å². The van der Waals surface area contributed by atoms with Crippen molar-refractivity contribution in [2.45, 2.75) is 0 Å². The monoisotopic (exact) mass is 656 g/mol. The van der Waals surface area contributed by atoms with Gasteiger partial charge in [0.2, 0.25) is 0 Å². The standard InChI is InChI=1S/C46H28N2OS/c1-2-12-30(13-3-1)48-39-17-8-6-15-34(39)38-27-31(23-26-40(38)48)47(32-22-25-36-35-16-7-9-19-42(35)49-43(36)28-32)41-18-10-20-44-45(41)37-24-21-29-11-4-5-14-33(29)46(37)50-44/h1-28H. The molecule has 0 atom stereocenters. The Morgan fingerprint density at radius 3 is 2.08 bits per heavy atom. The van der Waals surface area contributed by atoms with E-state index in [0.717, 1.165) is 44.7 Å². The average molecular weight is 657 g/mol. The molecule has 8 aromatic carbocycles. The Labute approximate surface area is 291 Å². The number of benzene rings is 8. The molecule has 0 N–H and O–H groups in total. The second kappa shape index (κ2) is 10.6. The fourth-order valence-corrected chi connectivity index (χ4v) is 9.22. The predicted molar refractivity (Wildman–Crippen MR) is 213 cm³/mol. The molecule has 3 heterocycles. The summed E-state index contributed by atoms with van der Waals surface area (Å²) < 4.78 is 11.4. The Morgan fingerprint density at radius 1 is 0.460 bits per heavy atom. The lowest BCUT2D eigenvalue weighted by Gasteiger charge is -2.26. The molecule has 0 fully saturated rings. The van der Waals surface area contributed by atoms with E-state index in [2.05, 4.69) is 167 Å². The maximum Gasteiger partial charge on any atom is 0.137 e. The zero-order valence-corrected chi connectivity index (χ0v) is 27.7. The highest BCUT2D eigenvalue weighted by atomic mass is 32.1. The first kappa shape index (κ1) is 27.6. The third-order valence-corrected chi connectivity index (χ3v) is 11.4. The molecule has 0 aliphatic carbocycles. The highest BCUT2D eigenvalue weighted by Crippen LogP contribution is 2.48. The van der Waals surface area contributed by atoms with Crippen molar-refractivity contribution in [3.63, 3.8) is 0 Å². The maximum absolute atomic E-state index is 6.46. The number of rotatable bonds is 4. The van der Waals surface area contributed by atoms with Crippen LogP contribution in [-0.4, -0.2) is 4.57 Å². The molecule has 234 valence electrons. The van der Waals surface area contributed by atoms with Gasteiger partial charge in [-0.2, -0.15) is 0 Å². The molecule has 0 saturated carbocycles. The van der Waals surface area contributed by atoms with Crippen LogP contribution in [0.2, 0.25) is 0 Å². The number of furan rings is 1. The van der Waals surface area contributed by atoms with E-state index in [9.17, 15) is 0 Å². The molecule has 0 spiro atoms. The third kappa shape index (κ3) is 3.97. The minimum atomic E-state index is 0.879. The van der Waals surface area contributed by atoms with E-state index in [-0.39, 0.29) is 0 Å². The van der Waals surface area contributed by atoms with E-state index < -0.39 is 0 Å². The van der Waals surface area contributed by atoms with Crippen molar-refractivity contribution in [3.05, 3.63) is 170 Å². The van der Waals surface area contributed by atoms with Gasteiger partial charge in [0.05, 0.1) is 16.7 Å². The zero-order chi connectivity index (χ0) is 32.8. The SMILES string of the molecule is c1ccc(-n2c3ccccc3c3cc(N(c4ccc5c(c4)oc4ccccc45)c4cccc5sc6c7ccccc7ccc6c45)ccc32)cc1. The van der Waals surface area contributed by atoms with E-state index >= 15 is 0 Å². The maximum atomic E-state index is 6.46. The smallest absolute Gasteiger partial charge is 0.137 e. The molecule has 3 nitrogen and oxygen atoms in total. The molecular formula is C46H28N2OS. The van der Waals surface area contributed by atoms with Gasteiger partial charge in [-0.1, -0.05) is 97.1 Å². The van der Waals surface area contributed by atoms with Gasteiger partial charge < -0.3 is 13.9 Å². The van der Waals surface area contributed by atoms with Crippen LogP contribution in [-0.2, 0) is 0 Å². The molecule has 11 aromatic rings. The highest BCUT2D eigenvalue weighted by molar-refractivity contribution is 7.26. The van der Waals surface area contributed by atoms with Crippen molar-refractivity contribution < 1.29 is 4.42 Å². The molecule has 0 bridgehead atoms. The fourth-order valence-electron chi connectivity index (χ4n) is 7.96. The summed E-state index contributed by atoms with van der Waals surface area (Å²) in [6.07, 6.45) is 0. The molecule has 0 aliphatic heterocycles. The van der Waals surface area contributed by atoms with Gasteiger partial charge in [-0.15, -0.1) is 11.3 Å². The van der Waals surface area contributed by atoms with Gasteiger partial charge in [-0.25, -0.2) is 0 Å². The van der Waals surface area contributed by atoms with Gasteiger partial charge >= 0.3 is 0 Å². The summed E-state index contributed by atoms with van der Waals surface area (Å²) in [7, 11) is 0. The van der Waals surface area contributed by atoms with E-state index in [1.165, 1.54) is 52.8 Å². The number of anilines is 3. The summed E-state index contributed by atoms with van der Waals surface area (Å²) in [6, 6.07) is 61.2. The molecule has 0 amide bonds.